The minimum absolute atomic E-state index is 0.253. The first-order chi connectivity index (χ1) is 13.8. The number of anilines is 4. The molecule has 3 aromatic rings. The number of thiophene rings is 1. The van der Waals surface area contributed by atoms with E-state index < -0.39 is 10.0 Å². The number of nitrogens with one attached hydrogen (secondary N) is 2. The van der Waals surface area contributed by atoms with Crippen molar-refractivity contribution >= 4 is 60.4 Å². The molecule has 0 amide bonds. The maximum absolute atomic E-state index is 12.4. The van der Waals surface area contributed by atoms with E-state index in [9.17, 15) is 8.42 Å². The number of aromatic nitrogens is 2. The first kappa shape index (κ1) is 21.5. The minimum Gasteiger partial charge on any atom is -0.357 e. The van der Waals surface area contributed by atoms with Gasteiger partial charge in [-0.3, -0.25) is 4.72 Å². The average Bonchev–Trinajstić information content (AvgIpc) is 3.11. The first-order valence-corrected chi connectivity index (χ1v) is 12.2. The largest absolute Gasteiger partial charge is 0.357 e. The maximum Gasteiger partial charge on any atom is 0.271 e. The van der Waals surface area contributed by atoms with Crippen molar-refractivity contribution in [3.63, 3.8) is 0 Å². The Balaban J connectivity index is 1.74. The van der Waals surface area contributed by atoms with Crippen LogP contribution >= 0.6 is 27.3 Å². The molecule has 29 heavy (non-hydrogen) atoms. The van der Waals surface area contributed by atoms with Crippen molar-refractivity contribution in [1.29, 1.82) is 0 Å². The average molecular weight is 496 g/mol. The number of aryl methyl sites for hydroxylation is 1. The SMILES string of the molecule is CCN(CC)c1cc(C)nc(Nc2ccc(NS(=O)(=O)c3ccc(Br)s3)cc2)n1. The Morgan fingerprint density at radius 1 is 1.03 bits per heavy atom. The van der Waals surface area contributed by atoms with Gasteiger partial charge < -0.3 is 10.2 Å². The fourth-order valence-electron chi connectivity index (χ4n) is 2.72. The molecular weight excluding hydrogens is 474 g/mol. The summed E-state index contributed by atoms with van der Waals surface area (Å²) in [4.78, 5) is 11.2. The molecule has 0 aliphatic heterocycles. The van der Waals surface area contributed by atoms with Crippen LogP contribution in [0.5, 0.6) is 0 Å². The van der Waals surface area contributed by atoms with Crippen molar-refractivity contribution in [2.45, 2.75) is 25.0 Å². The molecule has 2 N–H and O–H groups in total. The molecule has 10 heteroatoms. The molecular formula is C19H22BrN5O2S2. The lowest BCUT2D eigenvalue weighted by molar-refractivity contribution is 0.603. The number of sulfonamides is 1. The van der Waals surface area contributed by atoms with Crippen molar-refractivity contribution in [2.24, 2.45) is 0 Å². The number of benzene rings is 1. The highest BCUT2D eigenvalue weighted by atomic mass is 79.9. The minimum atomic E-state index is -3.60. The van der Waals surface area contributed by atoms with Crippen LogP contribution in [0.4, 0.5) is 23.1 Å². The van der Waals surface area contributed by atoms with E-state index in [-0.39, 0.29) is 4.21 Å². The Morgan fingerprint density at radius 3 is 2.28 bits per heavy atom. The van der Waals surface area contributed by atoms with E-state index in [1.807, 2.05) is 13.0 Å². The zero-order valence-electron chi connectivity index (χ0n) is 16.3. The van der Waals surface area contributed by atoms with E-state index in [0.717, 1.165) is 45.4 Å². The van der Waals surface area contributed by atoms with Gasteiger partial charge in [-0.1, -0.05) is 0 Å². The van der Waals surface area contributed by atoms with Crippen LogP contribution in [-0.4, -0.2) is 31.5 Å². The van der Waals surface area contributed by atoms with Crippen LogP contribution in [0, 0.1) is 6.92 Å². The molecule has 1 aromatic carbocycles. The predicted molar refractivity (Wildman–Crippen MR) is 123 cm³/mol. The molecule has 0 saturated heterocycles. The molecule has 0 spiro atoms. The number of halogens is 1. The van der Waals surface area contributed by atoms with Gasteiger partial charge in [-0.05, 0) is 73.1 Å². The zero-order chi connectivity index (χ0) is 21.0. The lowest BCUT2D eigenvalue weighted by Crippen LogP contribution is -2.23. The summed E-state index contributed by atoms with van der Waals surface area (Å²) in [5, 5.41) is 3.18. The van der Waals surface area contributed by atoms with Crippen LogP contribution in [0.25, 0.3) is 0 Å². The molecule has 0 bridgehead atoms. The summed E-state index contributed by atoms with van der Waals surface area (Å²) < 4.78 is 28.4. The Kier molecular flexibility index (Phi) is 6.76. The van der Waals surface area contributed by atoms with E-state index in [1.54, 1.807) is 36.4 Å². The summed E-state index contributed by atoms with van der Waals surface area (Å²) in [6.07, 6.45) is 0. The fourth-order valence-corrected chi connectivity index (χ4v) is 5.78. The smallest absolute Gasteiger partial charge is 0.271 e. The maximum atomic E-state index is 12.4. The van der Waals surface area contributed by atoms with E-state index >= 15 is 0 Å². The van der Waals surface area contributed by atoms with Crippen LogP contribution in [0.15, 0.2) is 50.5 Å². The lowest BCUT2D eigenvalue weighted by atomic mass is 10.3. The highest BCUT2D eigenvalue weighted by Crippen LogP contribution is 2.28. The van der Waals surface area contributed by atoms with E-state index in [2.05, 4.69) is 54.7 Å². The molecule has 2 heterocycles. The van der Waals surface area contributed by atoms with Gasteiger partial charge in [0.2, 0.25) is 5.95 Å². The molecule has 7 nitrogen and oxygen atoms in total. The molecule has 2 aromatic heterocycles. The summed E-state index contributed by atoms with van der Waals surface area (Å²) in [5.41, 5.74) is 2.12. The second-order valence-corrected chi connectivity index (χ2v) is 10.6. The highest BCUT2D eigenvalue weighted by molar-refractivity contribution is 9.11. The second-order valence-electron chi connectivity index (χ2n) is 6.23. The predicted octanol–water partition coefficient (Wildman–Crippen LogP) is 5.00. The summed E-state index contributed by atoms with van der Waals surface area (Å²) >= 11 is 4.44. The lowest BCUT2D eigenvalue weighted by Gasteiger charge is -2.20. The van der Waals surface area contributed by atoms with Gasteiger partial charge in [-0.25, -0.2) is 13.4 Å². The quantitative estimate of drug-likeness (QED) is 0.457. The molecule has 0 radical (unpaired) electrons. The van der Waals surface area contributed by atoms with Crippen LogP contribution in [0.2, 0.25) is 0 Å². The van der Waals surface area contributed by atoms with Gasteiger partial charge in [0.05, 0.1) is 3.79 Å². The van der Waals surface area contributed by atoms with Gasteiger partial charge in [-0.15, -0.1) is 11.3 Å². The molecule has 0 fully saturated rings. The molecule has 0 aliphatic rings. The van der Waals surface area contributed by atoms with Crippen molar-refractivity contribution < 1.29 is 8.42 Å². The molecule has 0 saturated carbocycles. The first-order valence-electron chi connectivity index (χ1n) is 9.06. The van der Waals surface area contributed by atoms with Crippen molar-refractivity contribution in [3.8, 4) is 0 Å². The molecule has 0 aliphatic carbocycles. The van der Waals surface area contributed by atoms with Crippen molar-refractivity contribution in [2.75, 3.05) is 28.0 Å². The summed E-state index contributed by atoms with van der Waals surface area (Å²) in [5.74, 6) is 1.38. The Labute approximate surface area is 183 Å². The number of hydrogen-bond acceptors (Lipinski definition) is 7. The number of nitrogens with zero attached hydrogens (tertiary/aromatic N) is 3. The van der Waals surface area contributed by atoms with Crippen LogP contribution in [-0.2, 0) is 10.0 Å². The third-order valence-corrected chi connectivity index (χ3v) is 7.63. The third-order valence-electron chi connectivity index (χ3n) is 4.13. The Bertz CT molecular complexity index is 1080. The monoisotopic (exact) mass is 495 g/mol. The fraction of sp³-hybridized carbons (Fsp3) is 0.263. The zero-order valence-corrected chi connectivity index (χ0v) is 19.5. The van der Waals surface area contributed by atoms with Crippen LogP contribution in [0.1, 0.15) is 19.5 Å². The highest BCUT2D eigenvalue weighted by Gasteiger charge is 2.16. The van der Waals surface area contributed by atoms with E-state index in [4.69, 9.17) is 0 Å². The number of rotatable bonds is 8. The molecule has 3 rings (SSSR count). The normalized spacial score (nSPS) is 11.3. The summed E-state index contributed by atoms with van der Waals surface area (Å²) in [7, 11) is -3.60. The van der Waals surface area contributed by atoms with Crippen LogP contribution in [0.3, 0.4) is 0 Å². The second kappa shape index (κ2) is 9.10. The molecule has 0 atom stereocenters. The topological polar surface area (TPSA) is 87.2 Å². The van der Waals surface area contributed by atoms with Gasteiger partial charge in [0.15, 0.2) is 0 Å². The van der Waals surface area contributed by atoms with Gasteiger partial charge in [0, 0.05) is 36.2 Å². The standard InChI is InChI=1S/C19H22BrN5O2S2/c1-4-25(5-2)17-12-13(3)21-19(23-17)22-14-6-8-15(9-7-14)24-29(26,27)18-11-10-16(20)28-18/h6-12,24H,4-5H2,1-3H3,(H,21,22,23). The number of hydrogen-bond donors (Lipinski definition) is 2. The Morgan fingerprint density at radius 2 is 1.69 bits per heavy atom. The van der Waals surface area contributed by atoms with Crippen LogP contribution < -0.4 is 14.9 Å². The molecule has 154 valence electrons. The van der Waals surface area contributed by atoms with Gasteiger partial charge in [0.25, 0.3) is 10.0 Å². The van der Waals surface area contributed by atoms with Gasteiger partial charge in [-0.2, -0.15) is 4.98 Å². The van der Waals surface area contributed by atoms with E-state index in [0.29, 0.717) is 11.6 Å². The van der Waals surface area contributed by atoms with Crippen molar-refractivity contribution in [1.82, 2.24) is 9.97 Å². The van der Waals surface area contributed by atoms with E-state index in [1.165, 1.54) is 0 Å². The summed E-state index contributed by atoms with van der Waals surface area (Å²) in [6, 6.07) is 12.2. The van der Waals surface area contributed by atoms with Gasteiger partial charge >= 0.3 is 0 Å². The molecule has 0 unspecified atom stereocenters. The van der Waals surface area contributed by atoms with Gasteiger partial charge in [0.1, 0.15) is 10.0 Å². The third kappa shape index (κ3) is 5.46. The Hall–Kier alpha value is -2.17. The van der Waals surface area contributed by atoms with Crippen molar-refractivity contribution in [3.05, 3.63) is 51.9 Å². The summed E-state index contributed by atoms with van der Waals surface area (Å²) in [6.45, 7) is 7.83.